The molecule has 0 fully saturated rings. The smallest absolute Gasteiger partial charge is 0.137 e. The molecule has 2 aromatic carbocycles. The van der Waals surface area contributed by atoms with Crippen LogP contribution in [0.25, 0.3) is 0 Å². The molecule has 1 atom stereocenters. The van der Waals surface area contributed by atoms with E-state index in [0.717, 1.165) is 16.9 Å². The van der Waals surface area contributed by atoms with E-state index < -0.39 is 0 Å². The average molecular weight is 342 g/mol. The van der Waals surface area contributed by atoms with E-state index in [9.17, 15) is 0 Å². The summed E-state index contributed by atoms with van der Waals surface area (Å²) in [7, 11) is 3.27. The predicted molar refractivity (Wildman–Crippen MR) is 81.8 cm³/mol. The lowest BCUT2D eigenvalue weighted by atomic mass is 10.0. The molecule has 19 heavy (non-hydrogen) atoms. The number of hydrogen-bond acceptors (Lipinski definition) is 2. The van der Waals surface area contributed by atoms with E-state index in [0.29, 0.717) is 10.8 Å². The minimum absolute atomic E-state index is 0.0611. The van der Waals surface area contributed by atoms with Gasteiger partial charge in [-0.25, -0.2) is 0 Å². The van der Waals surface area contributed by atoms with Crippen LogP contribution in [0.1, 0.15) is 16.0 Å². The zero-order valence-electron chi connectivity index (χ0n) is 10.7. The highest BCUT2D eigenvalue weighted by Crippen LogP contribution is 2.36. The molecular weight excluding hydrogens is 328 g/mol. The summed E-state index contributed by atoms with van der Waals surface area (Å²) in [6.07, 6.45) is 0. The summed E-state index contributed by atoms with van der Waals surface area (Å²) >= 11 is 9.83. The van der Waals surface area contributed by atoms with E-state index in [1.807, 2.05) is 42.5 Å². The third-order valence-corrected chi connectivity index (χ3v) is 4.21. The van der Waals surface area contributed by atoms with E-state index in [4.69, 9.17) is 21.1 Å². The third kappa shape index (κ3) is 3.23. The van der Waals surface area contributed by atoms with Crippen molar-refractivity contribution in [1.82, 2.24) is 0 Å². The second-order valence-electron chi connectivity index (χ2n) is 4.03. The molecule has 0 radical (unpaired) electrons. The molecule has 0 N–H and O–H groups in total. The monoisotopic (exact) mass is 340 g/mol. The standard InChI is InChI=1S/C15H14BrClO2/c1-18-12-5-3-4-10(8-12)15(16)11-6-7-14(19-2)13(17)9-11/h3-9,15H,1-2H3. The number of hydrogen-bond donors (Lipinski definition) is 0. The fourth-order valence-electron chi connectivity index (χ4n) is 1.83. The normalized spacial score (nSPS) is 12.0. The van der Waals surface area contributed by atoms with Crippen LogP contribution in [0.2, 0.25) is 5.02 Å². The lowest BCUT2D eigenvalue weighted by Gasteiger charge is -2.13. The van der Waals surface area contributed by atoms with Gasteiger partial charge >= 0.3 is 0 Å². The lowest BCUT2D eigenvalue weighted by molar-refractivity contribution is 0.414. The van der Waals surface area contributed by atoms with E-state index in [2.05, 4.69) is 15.9 Å². The highest BCUT2D eigenvalue weighted by molar-refractivity contribution is 9.09. The topological polar surface area (TPSA) is 18.5 Å². The average Bonchev–Trinajstić information content (AvgIpc) is 2.46. The molecule has 1 unspecified atom stereocenters. The maximum Gasteiger partial charge on any atom is 0.137 e. The molecule has 2 rings (SSSR count). The van der Waals surface area contributed by atoms with Crippen LogP contribution >= 0.6 is 27.5 Å². The molecule has 4 heteroatoms. The van der Waals surface area contributed by atoms with E-state index >= 15 is 0 Å². The molecule has 0 saturated carbocycles. The van der Waals surface area contributed by atoms with Gasteiger partial charge in [0.2, 0.25) is 0 Å². The van der Waals surface area contributed by atoms with Gasteiger partial charge in [-0.2, -0.15) is 0 Å². The van der Waals surface area contributed by atoms with Crippen molar-refractivity contribution in [3.8, 4) is 11.5 Å². The first kappa shape index (κ1) is 14.2. The van der Waals surface area contributed by atoms with Crippen LogP contribution in [0.15, 0.2) is 42.5 Å². The maximum atomic E-state index is 6.15. The number of rotatable bonds is 4. The first-order valence-electron chi connectivity index (χ1n) is 5.77. The van der Waals surface area contributed by atoms with E-state index in [-0.39, 0.29) is 4.83 Å². The summed E-state index contributed by atoms with van der Waals surface area (Å²) in [4.78, 5) is 0.0611. The molecule has 0 aliphatic carbocycles. The van der Waals surface area contributed by atoms with Gasteiger partial charge in [0.1, 0.15) is 11.5 Å². The molecule has 0 spiro atoms. The molecule has 0 amide bonds. The quantitative estimate of drug-likeness (QED) is 0.741. The Kier molecular flexibility index (Phi) is 4.72. The summed E-state index contributed by atoms with van der Waals surface area (Å²) < 4.78 is 10.4. The molecule has 2 nitrogen and oxygen atoms in total. The van der Waals surface area contributed by atoms with Gasteiger partial charge < -0.3 is 9.47 Å². The molecule has 0 bridgehead atoms. The second kappa shape index (κ2) is 6.31. The van der Waals surface area contributed by atoms with Crippen molar-refractivity contribution >= 4 is 27.5 Å². The fraction of sp³-hybridized carbons (Fsp3) is 0.200. The maximum absolute atomic E-state index is 6.15. The van der Waals surface area contributed by atoms with Crippen LogP contribution in [-0.4, -0.2) is 14.2 Å². The number of benzene rings is 2. The number of methoxy groups -OCH3 is 2. The Labute approximate surface area is 126 Å². The zero-order chi connectivity index (χ0) is 13.8. The highest BCUT2D eigenvalue weighted by atomic mass is 79.9. The highest BCUT2D eigenvalue weighted by Gasteiger charge is 2.13. The summed E-state index contributed by atoms with van der Waals surface area (Å²) in [6, 6.07) is 13.7. The summed E-state index contributed by atoms with van der Waals surface area (Å²) in [5.74, 6) is 1.51. The first-order valence-corrected chi connectivity index (χ1v) is 7.06. The van der Waals surface area contributed by atoms with Crippen molar-refractivity contribution in [3.05, 3.63) is 58.6 Å². The largest absolute Gasteiger partial charge is 0.497 e. The van der Waals surface area contributed by atoms with Gasteiger partial charge in [-0.1, -0.05) is 45.7 Å². The Balaban J connectivity index is 2.32. The van der Waals surface area contributed by atoms with Crippen LogP contribution in [-0.2, 0) is 0 Å². The van der Waals surface area contributed by atoms with E-state index in [1.54, 1.807) is 14.2 Å². The van der Waals surface area contributed by atoms with Gasteiger partial charge in [-0.3, -0.25) is 0 Å². The van der Waals surface area contributed by atoms with Crippen LogP contribution in [0, 0.1) is 0 Å². The number of halogens is 2. The molecule has 0 aliphatic heterocycles. The summed E-state index contributed by atoms with van der Waals surface area (Å²) in [5, 5.41) is 0.604. The second-order valence-corrected chi connectivity index (χ2v) is 5.36. The van der Waals surface area contributed by atoms with Crippen LogP contribution < -0.4 is 9.47 Å². The Morgan fingerprint density at radius 3 is 2.37 bits per heavy atom. The Hall–Kier alpha value is -1.19. The molecular formula is C15H14BrClO2. The van der Waals surface area contributed by atoms with Crippen LogP contribution in [0.5, 0.6) is 11.5 Å². The Morgan fingerprint density at radius 1 is 1.00 bits per heavy atom. The van der Waals surface area contributed by atoms with E-state index in [1.165, 1.54) is 0 Å². The molecule has 0 aliphatic rings. The molecule has 2 aromatic rings. The van der Waals surface area contributed by atoms with Crippen molar-refractivity contribution in [1.29, 1.82) is 0 Å². The van der Waals surface area contributed by atoms with Crippen molar-refractivity contribution in [2.24, 2.45) is 0 Å². The molecule has 100 valence electrons. The third-order valence-electron chi connectivity index (χ3n) is 2.85. The molecule has 0 heterocycles. The minimum atomic E-state index is 0.0611. The van der Waals surface area contributed by atoms with Gasteiger partial charge in [0.25, 0.3) is 0 Å². The molecule has 0 aromatic heterocycles. The van der Waals surface area contributed by atoms with Crippen molar-refractivity contribution in [2.45, 2.75) is 4.83 Å². The summed E-state index contributed by atoms with van der Waals surface area (Å²) in [6.45, 7) is 0. The minimum Gasteiger partial charge on any atom is -0.497 e. The first-order chi connectivity index (χ1) is 9.15. The van der Waals surface area contributed by atoms with Gasteiger partial charge in [0, 0.05) is 0 Å². The molecule has 0 saturated heterocycles. The SMILES string of the molecule is COc1cccc(C(Br)c2ccc(OC)c(Cl)c2)c1. The van der Waals surface area contributed by atoms with Gasteiger partial charge in [-0.05, 0) is 35.4 Å². The van der Waals surface area contributed by atoms with Gasteiger partial charge in [-0.15, -0.1) is 0 Å². The number of alkyl halides is 1. The van der Waals surface area contributed by atoms with Gasteiger partial charge in [0.15, 0.2) is 0 Å². The van der Waals surface area contributed by atoms with Crippen molar-refractivity contribution in [2.75, 3.05) is 14.2 Å². The Bertz CT molecular complexity index is 572. The van der Waals surface area contributed by atoms with Crippen molar-refractivity contribution in [3.63, 3.8) is 0 Å². The predicted octanol–water partition coefficient (Wildman–Crippen LogP) is 4.84. The fourth-order valence-corrected chi connectivity index (χ4v) is 2.67. The number of ether oxygens (including phenoxy) is 2. The van der Waals surface area contributed by atoms with Crippen LogP contribution in [0.4, 0.5) is 0 Å². The van der Waals surface area contributed by atoms with Crippen molar-refractivity contribution < 1.29 is 9.47 Å². The van der Waals surface area contributed by atoms with Crippen LogP contribution in [0.3, 0.4) is 0 Å². The van der Waals surface area contributed by atoms with Gasteiger partial charge in [0.05, 0.1) is 24.1 Å². The zero-order valence-corrected chi connectivity index (χ0v) is 13.0. The summed E-state index contributed by atoms with van der Waals surface area (Å²) in [5.41, 5.74) is 2.18. The Morgan fingerprint density at radius 2 is 1.74 bits per heavy atom. The lowest BCUT2D eigenvalue weighted by Crippen LogP contribution is -1.94.